The van der Waals surface area contributed by atoms with Gasteiger partial charge in [0.05, 0.1) is 0 Å². The summed E-state index contributed by atoms with van der Waals surface area (Å²) in [5.41, 5.74) is -1.93. The molecule has 0 saturated carbocycles. The van der Waals surface area contributed by atoms with E-state index in [1.54, 1.807) is 0 Å². The molecule has 2 N–H and O–H groups in total. The lowest BCUT2D eigenvalue weighted by Crippen LogP contribution is -2.45. The summed E-state index contributed by atoms with van der Waals surface area (Å²) < 4.78 is 39.5. The Hall–Kier alpha value is -1.11. The molecule has 96 valence electrons. The molecule has 1 aromatic rings. The van der Waals surface area contributed by atoms with Crippen LogP contribution in [0.2, 0.25) is 0 Å². The van der Waals surface area contributed by atoms with Crippen molar-refractivity contribution in [3.63, 3.8) is 0 Å². The highest BCUT2D eigenvalue weighted by Gasteiger charge is 2.59. The van der Waals surface area contributed by atoms with Gasteiger partial charge in [-0.3, -0.25) is 5.10 Å². The molecule has 2 rings (SSSR count). The fourth-order valence-electron chi connectivity index (χ4n) is 2.00. The maximum absolute atomic E-state index is 13.2. The summed E-state index contributed by atoms with van der Waals surface area (Å²) in [6.07, 6.45) is -4.33. The molecule has 1 aromatic heterocycles. The first kappa shape index (κ1) is 12.3. The van der Waals surface area contributed by atoms with Crippen molar-refractivity contribution in [3.8, 4) is 0 Å². The zero-order valence-corrected chi connectivity index (χ0v) is 9.73. The molecule has 1 unspecified atom stereocenters. The van der Waals surface area contributed by atoms with Crippen molar-refractivity contribution in [2.24, 2.45) is 0 Å². The Morgan fingerprint density at radius 1 is 1.35 bits per heavy atom. The molecule has 0 aliphatic carbocycles. The van der Waals surface area contributed by atoms with Gasteiger partial charge in [0.1, 0.15) is 11.2 Å². The van der Waals surface area contributed by atoms with E-state index < -0.39 is 11.6 Å². The second-order valence-electron chi connectivity index (χ2n) is 4.71. The summed E-state index contributed by atoms with van der Waals surface area (Å²) in [6, 6.07) is 0. The van der Waals surface area contributed by atoms with Crippen LogP contribution in [0.3, 0.4) is 0 Å². The normalized spacial score (nSPS) is 25.8. The summed E-state index contributed by atoms with van der Waals surface area (Å²) >= 11 is 0. The largest absolute Gasteiger partial charge is 0.402 e. The molecule has 0 radical (unpaired) electrons. The van der Waals surface area contributed by atoms with E-state index in [1.165, 1.54) is 0 Å². The van der Waals surface area contributed by atoms with E-state index >= 15 is 0 Å². The van der Waals surface area contributed by atoms with Gasteiger partial charge in [-0.1, -0.05) is 13.8 Å². The van der Waals surface area contributed by atoms with Crippen LogP contribution in [0.1, 0.15) is 37.8 Å². The van der Waals surface area contributed by atoms with Crippen LogP contribution in [0.15, 0.2) is 0 Å². The van der Waals surface area contributed by atoms with Gasteiger partial charge in [-0.2, -0.15) is 18.3 Å². The summed E-state index contributed by atoms with van der Waals surface area (Å²) in [5, 5.41) is 9.09. The van der Waals surface area contributed by atoms with Gasteiger partial charge in [0.15, 0.2) is 5.82 Å². The van der Waals surface area contributed by atoms with Gasteiger partial charge in [-0.25, -0.2) is 4.98 Å². The van der Waals surface area contributed by atoms with Crippen molar-refractivity contribution in [1.29, 1.82) is 0 Å². The third kappa shape index (κ3) is 1.92. The van der Waals surface area contributed by atoms with E-state index in [2.05, 4.69) is 20.5 Å². The van der Waals surface area contributed by atoms with E-state index in [1.807, 2.05) is 13.8 Å². The topological polar surface area (TPSA) is 53.6 Å². The molecule has 7 heteroatoms. The quantitative estimate of drug-likeness (QED) is 0.838. The van der Waals surface area contributed by atoms with Crippen LogP contribution in [0.4, 0.5) is 13.2 Å². The van der Waals surface area contributed by atoms with E-state index in [9.17, 15) is 13.2 Å². The van der Waals surface area contributed by atoms with Gasteiger partial charge < -0.3 is 5.32 Å². The van der Waals surface area contributed by atoms with Crippen molar-refractivity contribution >= 4 is 0 Å². The van der Waals surface area contributed by atoms with Crippen molar-refractivity contribution < 1.29 is 13.2 Å². The van der Waals surface area contributed by atoms with Crippen molar-refractivity contribution in [1.82, 2.24) is 20.5 Å². The fourth-order valence-corrected chi connectivity index (χ4v) is 2.00. The average molecular weight is 248 g/mol. The molecule has 0 aromatic carbocycles. The van der Waals surface area contributed by atoms with Crippen molar-refractivity contribution in [2.45, 2.75) is 37.8 Å². The van der Waals surface area contributed by atoms with Gasteiger partial charge in [-0.05, 0) is 13.0 Å². The zero-order chi connectivity index (χ0) is 12.7. The first-order chi connectivity index (χ1) is 7.87. The Morgan fingerprint density at radius 3 is 2.47 bits per heavy atom. The molecular weight excluding hydrogens is 233 g/mol. The first-order valence-corrected chi connectivity index (χ1v) is 5.57. The molecule has 1 aliphatic rings. The number of H-pyrrole nitrogens is 1. The monoisotopic (exact) mass is 248 g/mol. The number of aromatic amines is 1. The average Bonchev–Trinajstić information content (AvgIpc) is 2.86. The van der Waals surface area contributed by atoms with Gasteiger partial charge in [0, 0.05) is 12.5 Å². The Kier molecular flexibility index (Phi) is 2.89. The Morgan fingerprint density at radius 2 is 2.06 bits per heavy atom. The highest BCUT2D eigenvalue weighted by Crippen LogP contribution is 2.43. The number of halogens is 3. The summed E-state index contributed by atoms with van der Waals surface area (Å²) in [4.78, 5) is 4.00. The Labute approximate surface area is 97.0 Å². The second kappa shape index (κ2) is 3.97. The van der Waals surface area contributed by atoms with Crippen LogP contribution in [0.25, 0.3) is 0 Å². The lowest BCUT2D eigenvalue weighted by atomic mass is 9.85. The standard InChI is InChI=1S/C10H15F3N4/c1-6(2)7-15-8(17-16-7)9(10(11,12)13)3-4-14-5-9/h6,14H,3-5H2,1-2H3,(H,15,16,17). The third-order valence-electron chi connectivity index (χ3n) is 3.18. The zero-order valence-electron chi connectivity index (χ0n) is 9.73. The molecule has 0 spiro atoms. The van der Waals surface area contributed by atoms with Gasteiger partial charge >= 0.3 is 6.18 Å². The van der Waals surface area contributed by atoms with Crippen LogP contribution in [-0.4, -0.2) is 34.4 Å². The fraction of sp³-hybridized carbons (Fsp3) is 0.800. The minimum absolute atomic E-state index is 0.00805. The highest BCUT2D eigenvalue weighted by molar-refractivity contribution is 5.17. The molecule has 4 nitrogen and oxygen atoms in total. The van der Waals surface area contributed by atoms with Crippen LogP contribution in [-0.2, 0) is 5.41 Å². The third-order valence-corrected chi connectivity index (χ3v) is 3.18. The van der Waals surface area contributed by atoms with E-state index in [4.69, 9.17) is 0 Å². The number of rotatable bonds is 2. The first-order valence-electron chi connectivity index (χ1n) is 5.57. The number of nitrogens with zero attached hydrogens (tertiary/aromatic N) is 2. The molecule has 1 aliphatic heterocycles. The predicted molar refractivity (Wildman–Crippen MR) is 55.7 cm³/mol. The number of nitrogens with one attached hydrogen (secondary N) is 2. The van der Waals surface area contributed by atoms with Gasteiger partial charge in [-0.15, -0.1) is 0 Å². The highest BCUT2D eigenvalue weighted by atomic mass is 19.4. The van der Waals surface area contributed by atoms with Gasteiger partial charge in [0.2, 0.25) is 0 Å². The predicted octanol–water partition coefficient (Wildman–Crippen LogP) is 1.72. The van der Waals surface area contributed by atoms with Crippen LogP contribution in [0.5, 0.6) is 0 Å². The minimum atomic E-state index is -4.33. The lowest BCUT2D eigenvalue weighted by Gasteiger charge is -2.27. The maximum Gasteiger partial charge on any atom is 0.402 e. The van der Waals surface area contributed by atoms with Crippen molar-refractivity contribution in [3.05, 3.63) is 11.6 Å². The maximum atomic E-state index is 13.2. The van der Waals surface area contributed by atoms with E-state index in [-0.39, 0.29) is 24.7 Å². The lowest BCUT2D eigenvalue weighted by molar-refractivity contribution is -0.187. The molecule has 0 bridgehead atoms. The van der Waals surface area contributed by atoms with E-state index in [0.29, 0.717) is 12.4 Å². The van der Waals surface area contributed by atoms with Crippen molar-refractivity contribution in [2.75, 3.05) is 13.1 Å². The summed E-state index contributed by atoms with van der Waals surface area (Å²) in [5.74, 6) is 0.394. The van der Waals surface area contributed by atoms with Gasteiger partial charge in [0.25, 0.3) is 0 Å². The summed E-state index contributed by atoms with van der Waals surface area (Å²) in [6.45, 7) is 3.91. The Bertz CT molecular complexity index is 391. The molecule has 1 fully saturated rings. The minimum Gasteiger partial charge on any atom is -0.315 e. The van der Waals surface area contributed by atoms with Crippen LogP contribution >= 0.6 is 0 Å². The number of aromatic nitrogens is 3. The molecule has 1 atom stereocenters. The second-order valence-corrected chi connectivity index (χ2v) is 4.71. The van der Waals surface area contributed by atoms with Crippen LogP contribution < -0.4 is 5.32 Å². The van der Waals surface area contributed by atoms with E-state index in [0.717, 1.165) is 0 Å². The molecule has 17 heavy (non-hydrogen) atoms. The number of hydrogen-bond donors (Lipinski definition) is 2. The Balaban J connectivity index is 2.39. The molecule has 1 saturated heterocycles. The number of alkyl halides is 3. The van der Waals surface area contributed by atoms with Crippen LogP contribution in [0, 0.1) is 0 Å². The molecule has 0 amide bonds. The molecular formula is C10H15F3N4. The number of hydrogen-bond acceptors (Lipinski definition) is 3. The summed E-state index contributed by atoms with van der Waals surface area (Å²) in [7, 11) is 0. The molecule has 2 heterocycles. The smallest absolute Gasteiger partial charge is 0.315 e. The SMILES string of the molecule is CC(C)c1nc(C2(C(F)(F)F)CCNC2)n[nH]1.